The summed E-state index contributed by atoms with van der Waals surface area (Å²) in [4.78, 5) is 19.1. The molecule has 1 amide bonds. The first-order valence-corrected chi connectivity index (χ1v) is 15.8. The third kappa shape index (κ3) is 5.55. The monoisotopic (exact) mass is 569 g/mol. The molecule has 0 N–H and O–H groups in total. The van der Waals surface area contributed by atoms with Gasteiger partial charge in [-0.05, 0) is 79.9 Å². The first-order valence-electron chi connectivity index (χ1n) is 13.5. The van der Waals surface area contributed by atoms with E-state index in [1.165, 1.54) is 16.5 Å². The summed E-state index contributed by atoms with van der Waals surface area (Å²) in [5.74, 6) is -0.237. The van der Waals surface area contributed by atoms with Gasteiger partial charge in [-0.25, -0.2) is 12.8 Å². The van der Waals surface area contributed by atoms with Crippen LogP contribution in [0, 0.1) is 26.6 Å². The van der Waals surface area contributed by atoms with E-state index in [9.17, 15) is 17.6 Å². The Bertz CT molecular complexity index is 1460. The lowest BCUT2D eigenvalue weighted by molar-refractivity contribution is -0.133. The molecule has 2 aromatic carbocycles. The van der Waals surface area contributed by atoms with E-state index in [0.29, 0.717) is 31.0 Å². The van der Waals surface area contributed by atoms with E-state index in [1.54, 1.807) is 32.7 Å². The van der Waals surface area contributed by atoms with Crippen molar-refractivity contribution in [3.63, 3.8) is 0 Å². The quantitative estimate of drug-likeness (QED) is 0.416. The molecule has 0 aliphatic carbocycles. The predicted octanol–water partition coefficient (Wildman–Crippen LogP) is 5.07. The van der Waals surface area contributed by atoms with Crippen molar-refractivity contribution >= 4 is 27.3 Å². The van der Waals surface area contributed by atoms with Crippen LogP contribution < -0.4 is 0 Å². The Morgan fingerprint density at radius 1 is 1.05 bits per heavy atom. The Balaban J connectivity index is 1.26. The lowest BCUT2D eigenvalue weighted by Crippen LogP contribution is -2.55. The molecule has 208 valence electrons. The minimum Gasteiger partial charge on any atom is -0.340 e. The fourth-order valence-electron chi connectivity index (χ4n) is 6.29. The molecule has 5 rings (SSSR count). The van der Waals surface area contributed by atoms with Gasteiger partial charge in [0.05, 0.1) is 10.9 Å². The summed E-state index contributed by atoms with van der Waals surface area (Å²) < 4.78 is 42.9. The largest absolute Gasteiger partial charge is 0.340 e. The fraction of sp³-hybridized carbons (Fsp3) is 0.433. The molecular weight excluding hydrogens is 533 g/mol. The number of hydrogen-bond acceptors (Lipinski definition) is 5. The van der Waals surface area contributed by atoms with Crippen molar-refractivity contribution in [2.45, 2.75) is 57.5 Å². The molecule has 0 radical (unpaired) electrons. The summed E-state index contributed by atoms with van der Waals surface area (Å²) in [6, 6.07) is 12.3. The number of thiophene rings is 1. The lowest BCUT2D eigenvalue weighted by Gasteiger charge is -2.40. The highest BCUT2D eigenvalue weighted by Crippen LogP contribution is 2.38. The molecular formula is C30H36FN3O3S2. The van der Waals surface area contributed by atoms with Crippen LogP contribution in [0.1, 0.15) is 52.1 Å². The zero-order valence-corrected chi connectivity index (χ0v) is 24.6. The highest BCUT2D eigenvalue weighted by atomic mass is 32.2. The number of nitrogens with zero attached hydrogens (tertiary/aromatic N) is 3. The second-order valence-electron chi connectivity index (χ2n) is 10.8. The zero-order valence-electron chi connectivity index (χ0n) is 23.0. The third-order valence-electron chi connectivity index (χ3n) is 7.93. The van der Waals surface area contributed by atoms with E-state index in [2.05, 4.69) is 16.3 Å². The highest BCUT2D eigenvalue weighted by molar-refractivity contribution is 7.89. The van der Waals surface area contributed by atoms with Crippen LogP contribution in [-0.4, -0.2) is 67.2 Å². The van der Waals surface area contributed by atoms with Gasteiger partial charge in [0.1, 0.15) is 5.82 Å². The highest BCUT2D eigenvalue weighted by Gasteiger charge is 2.37. The molecule has 2 aliphatic heterocycles. The summed E-state index contributed by atoms with van der Waals surface area (Å²) in [6.45, 7) is 9.89. The second-order valence-corrected chi connectivity index (χ2v) is 13.7. The van der Waals surface area contributed by atoms with Crippen LogP contribution in [0.25, 0.3) is 0 Å². The van der Waals surface area contributed by atoms with E-state index in [-0.39, 0.29) is 30.4 Å². The molecule has 3 heterocycles. The Morgan fingerprint density at radius 2 is 1.79 bits per heavy atom. The maximum absolute atomic E-state index is 14.1. The van der Waals surface area contributed by atoms with Crippen molar-refractivity contribution < 1.29 is 17.6 Å². The number of carbonyl (C=O) groups is 1. The van der Waals surface area contributed by atoms with Gasteiger partial charge in [0.15, 0.2) is 0 Å². The van der Waals surface area contributed by atoms with E-state index >= 15 is 0 Å². The molecule has 1 fully saturated rings. The molecule has 9 heteroatoms. The molecule has 1 saturated heterocycles. The van der Waals surface area contributed by atoms with Crippen molar-refractivity contribution in [2.75, 3.05) is 32.7 Å². The summed E-state index contributed by atoms with van der Waals surface area (Å²) in [5, 5.41) is 2.08. The van der Waals surface area contributed by atoms with Gasteiger partial charge >= 0.3 is 0 Å². The molecule has 0 saturated carbocycles. The minimum atomic E-state index is -3.67. The topological polar surface area (TPSA) is 60.9 Å². The standard InChI is InChI=1S/C30H36FN3O3S2/c1-20-16-21(2)30(22(3)17-20)39(36,37)34-14-13-33(19-23(34)4)28(35)9-12-32-11-8-27-26(10-15-38-27)29(32)24-6-5-7-25(31)18-24/h5-7,10,15-18,23,29H,8-9,11-14,19H2,1-4H3/t23-,29+/m1/s1. The molecule has 1 aromatic heterocycles. The van der Waals surface area contributed by atoms with Gasteiger partial charge in [-0.15, -0.1) is 11.3 Å². The molecule has 0 bridgehead atoms. The number of halogens is 1. The maximum Gasteiger partial charge on any atom is 0.243 e. The van der Waals surface area contributed by atoms with Gasteiger partial charge in [-0.3, -0.25) is 9.69 Å². The Labute approximate surface area is 235 Å². The van der Waals surface area contributed by atoms with Crippen LogP contribution in [0.5, 0.6) is 0 Å². The summed E-state index contributed by atoms with van der Waals surface area (Å²) >= 11 is 1.73. The van der Waals surface area contributed by atoms with Gasteiger partial charge < -0.3 is 4.90 Å². The van der Waals surface area contributed by atoms with E-state index in [1.807, 2.05) is 45.9 Å². The molecule has 3 aromatic rings. The number of amides is 1. The molecule has 6 nitrogen and oxygen atoms in total. The molecule has 2 aliphatic rings. The Kier molecular flexibility index (Phi) is 7.97. The fourth-order valence-corrected chi connectivity index (χ4v) is 9.22. The average molecular weight is 570 g/mol. The van der Waals surface area contributed by atoms with Crippen molar-refractivity contribution in [1.29, 1.82) is 0 Å². The summed E-state index contributed by atoms with van der Waals surface area (Å²) in [7, 11) is -3.67. The number of aryl methyl sites for hydroxylation is 3. The Hall–Kier alpha value is -2.59. The number of sulfonamides is 1. The van der Waals surface area contributed by atoms with Crippen molar-refractivity contribution in [3.05, 3.63) is 86.4 Å². The van der Waals surface area contributed by atoms with Gasteiger partial charge in [-0.2, -0.15) is 4.31 Å². The van der Waals surface area contributed by atoms with Crippen LogP contribution in [0.3, 0.4) is 0 Å². The number of fused-ring (bicyclic) bond motifs is 1. The molecule has 2 atom stereocenters. The first kappa shape index (κ1) is 28.0. The van der Waals surface area contributed by atoms with Gasteiger partial charge in [-0.1, -0.05) is 29.8 Å². The molecule has 39 heavy (non-hydrogen) atoms. The second kappa shape index (κ2) is 11.1. The van der Waals surface area contributed by atoms with Crippen LogP contribution >= 0.6 is 11.3 Å². The zero-order chi connectivity index (χ0) is 27.9. The van der Waals surface area contributed by atoms with Crippen LogP contribution in [0.15, 0.2) is 52.7 Å². The summed E-state index contributed by atoms with van der Waals surface area (Å²) in [6.07, 6.45) is 1.25. The van der Waals surface area contributed by atoms with Gasteiger partial charge in [0, 0.05) is 50.1 Å². The average Bonchev–Trinajstić information content (AvgIpc) is 3.34. The van der Waals surface area contributed by atoms with Gasteiger partial charge in [0.25, 0.3) is 0 Å². The minimum absolute atomic E-state index is 0.0238. The van der Waals surface area contributed by atoms with Crippen molar-refractivity contribution in [2.24, 2.45) is 0 Å². The smallest absolute Gasteiger partial charge is 0.243 e. The van der Waals surface area contributed by atoms with E-state index in [0.717, 1.165) is 35.2 Å². The number of rotatable bonds is 6. The SMILES string of the molecule is Cc1cc(C)c(S(=O)(=O)N2CCN(C(=O)CCN3CCc4sccc4[C@@H]3c3cccc(F)c3)C[C@H]2C)c(C)c1. The molecule has 0 spiro atoms. The number of hydrogen-bond donors (Lipinski definition) is 0. The van der Waals surface area contributed by atoms with Crippen LogP contribution in [0.4, 0.5) is 4.39 Å². The predicted molar refractivity (Wildman–Crippen MR) is 153 cm³/mol. The third-order valence-corrected chi connectivity index (χ3v) is 11.2. The number of piperazine rings is 1. The Morgan fingerprint density at radius 3 is 2.49 bits per heavy atom. The van der Waals surface area contributed by atoms with Gasteiger partial charge in [0.2, 0.25) is 15.9 Å². The number of carbonyl (C=O) groups excluding carboxylic acids is 1. The maximum atomic E-state index is 14.1. The van der Waals surface area contributed by atoms with Crippen LogP contribution in [-0.2, 0) is 21.2 Å². The summed E-state index contributed by atoms with van der Waals surface area (Å²) in [5.41, 5.74) is 4.63. The normalized spacial score (nSPS) is 20.7. The van der Waals surface area contributed by atoms with Crippen molar-refractivity contribution in [1.82, 2.24) is 14.1 Å². The van der Waals surface area contributed by atoms with Crippen molar-refractivity contribution in [3.8, 4) is 0 Å². The van der Waals surface area contributed by atoms with Crippen LogP contribution in [0.2, 0.25) is 0 Å². The van der Waals surface area contributed by atoms with E-state index in [4.69, 9.17) is 0 Å². The first-order chi connectivity index (χ1) is 18.6. The van der Waals surface area contributed by atoms with E-state index < -0.39 is 10.0 Å². The lowest BCUT2D eigenvalue weighted by atomic mass is 9.93. The molecule has 0 unspecified atom stereocenters. The number of benzene rings is 2.